The first-order valence-electron chi connectivity index (χ1n) is 6.69. The molecule has 2 rings (SSSR count). The van der Waals surface area contributed by atoms with Gasteiger partial charge in [-0.1, -0.05) is 12.1 Å². The number of aryl methyl sites for hydroxylation is 1. The van der Waals surface area contributed by atoms with E-state index in [0.29, 0.717) is 6.61 Å². The SMILES string of the molecule is Cc1cccc(OCCN2CCCC(C)(O)C2)c1. The number of piperidine rings is 1. The van der Waals surface area contributed by atoms with Gasteiger partial charge in [0.25, 0.3) is 0 Å². The van der Waals surface area contributed by atoms with E-state index >= 15 is 0 Å². The van der Waals surface area contributed by atoms with Gasteiger partial charge in [0.15, 0.2) is 0 Å². The summed E-state index contributed by atoms with van der Waals surface area (Å²) >= 11 is 0. The monoisotopic (exact) mass is 249 g/mol. The summed E-state index contributed by atoms with van der Waals surface area (Å²) in [5.74, 6) is 0.929. The normalized spacial score (nSPS) is 25.1. The lowest BCUT2D eigenvalue weighted by Crippen LogP contribution is -2.47. The molecule has 1 unspecified atom stereocenters. The largest absolute Gasteiger partial charge is 0.492 e. The molecule has 1 fully saturated rings. The minimum atomic E-state index is -0.526. The zero-order valence-electron chi connectivity index (χ0n) is 11.4. The van der Waals surface area contributed by atoms with Gasteiger partial charge in [0.05, 0.1) is 5.60 Å². The van der Waals surface area contributed by atoms with Crippen LogP contribution >= 0.6 is 0 Å². The van der Waals surface area contributed by atoms with E-state index < -0.39 is 5.60 Å². The maximum Gasteiger partial charge on any atom is 0.119 e. The van der Waals surface area contributed by atoms with Gasteiger partial charge in [0, 0.05) is 13.1 Å². The highest BCUT2D eigenvalue weighted by molar-refractivity contribution is 5.27. The van der Waals surface area contributed by atoms with Gasteiger partial charge in [-0.15, -0.1) is 0 Å². The predicted molar refractivity (Wildman–Crippen MR) is 73.0 cm³/mol. The van der Waals surface area contributed by atoms with Crippen LogP contribution in [-0.4, -0.2) is 41.8 Å². The number of likely N-dealkylation sites (tertiary alicyclic amines) is 1. The molecule has 1 N–H and O–H groups in total. The number of ether oxygens (including phenoxy) is 1. The third-order valence-electron chi connectivity index (χ3n) is 3.42. The van der Waals surface area contributed by atoms with Gasteiger partial charge in [0.2, 0.25) is 0 Å². The Hall–Kier alpha value is -1.06. The molecule has 1 aromatic rings. The van der Waals surface area contributed by atoms with Crippen LogP contribution < -0.4 is 4.74 Å². The van der Waals surface area contributed by atoms with Crippen molar-refractivity contribution in [2.24, 2.45) is 0 Å². The van der Waals surface area contributed by atoms with E-state index in [-0.39, 0.29) is 0 Å². The van der Waals surface area contributed by atoms with E-state index in [4.69, 9.17) is 4.74 Å². The predicted octanol–water partition coefficient (Wildman–Crippen LogP) is 2.22. The summed E-state index contributed by atoms with van der Waals surface area (Å²) in [5.41, 5.74) is 0.690. The number of aliphatic hydroxyl groups is 1. The van der Waals surface area contributed by atoms with Crippen molar-refractivity contribution < 1.29 is 9.84 Å². The second-order valence-electron chi connectivity index (χ2n) is 5.54. The molecular formula is C15H23NO2. The summed E-state index contributed by atoms with van der Waals surface area (Å²) in [6.07, 6.45) is 1.97. The van der Waals surface area contributed by atoms with Crippen molar-refractivity contribution in [1.82, 2.24) is 4.90 Å². The highest BCUT2D eigenvalue weighted by Gasteiger charge is 2.27. The van der Waals surface area contributed by atoms with Crippen LogP contribution in [-0.2, 0) is 0 Å². The standard InChI is InChI=1S/C15H23NO2/c1-13-5-3-6-14(11-13)18-10-9-16-8-4-7-15(2,17)12-16/h3,5-6,11,17H,4,7-10,12H2,1-2H3. The summed E-state index contributed by atoms with van der Waals surface area (Å²) in [7, 11) is 0. The fourth-order valence-electron chi connectivity index (χ4n) is 2.51. The Morgan fingerprint density at radius 1 is 1.44 bits per heavy atom. The Morgan fingerprint density at radius 2 is 2.28 bits per heavy atom. The molecule has 100 valence electrons. The highest BCUT2D eigenvalue weighted by Crippen LogP contribution is 2.20. The number of hydrogen-bond donors (Lipinski definition) is 1. The van der Waals surface area contributed by atoms with Crippen molar-refractivity contribution >= 4 is 0 Å². The first-order valence-corrected chi connectivity index (χ1v) is 6.69. The average Bonchev–Trinajstić information content (AvgIpc) is 2.28. The number of nitrogens with zero attached hydrogens (tertiary/aromatic N) is 1. The molecule has 0 amide bonds. The number of rotatable bonds is 4. The lowest BCUT2D eigenvalue weighted by Gasteiger charge is -2.36. The van der Waals surface area contributed by atoms with Crippen LogP contribution in [0.25, 0.3) is 0 Å². The second-order valence-corrected chi connectivity index (χ2v) is 5.54. The molecule has 1 heterocycles. The lowest BCUT2D eigenvalue weighted by molar-refractivity contribution is -0.0183. The van der Waals surface area contributed by atoms with Crippen molar-refractivity contribution in [2.75, 3.05) is 26.2 Å². The Kier molecular flexibility index (Phi) is 4.25. The maximum absolute atomic E-state index is 10.0. The molecule has 1 saturated heterocycles. The first-order chi connectivity index (χ1) is 8.55. The van der Waals surface area contributed by atoms with Crippen LogP contribution in [0.4, 0.5) is 0 Å². The summed E-state index contributed by atoms with van der Waals surface area (Å²) in [6.45, 7) is 7.36. The molecule has 3 heteroatoms. The lowest BCUT2D eigenvalue weighted by atomic mass is 9.95. The molecule has 0 spiro atoms. The summed E-state index contributed by atoms with van der Waals surface area (Å²) in [6, 6.07) is 8.11. The van der Waals surface area contributed by atoms with Crippen LogP contribution in [0.15, 0.2) is 24.3 Å². The fourth-order valence-corrected chi connectivity index (χ4v) is 2.51. The van der Waals surface area contributed by atoms with Crippen LogP contribution in [0, 0.1) is 6.92 Å². The molecular weight excluding hydrogens is 226 g/mol. The van der Waals surface area contributed by atoms with E-state index in [1.54, 1.807) is 0 Å². The zero-order chi connectivity index (χ0) is 13.0. The molecule has 0 saturated carbocycles. The van der Waals surface area contributed by atoms with Gasteiger partial charge in [-0.25, -0.2) is 0 Å². The molecule has 3 nitrogen and oxygen atoms in total. The Bertz CT molecular complexity index is 390. The van der Waals surface area contributed by atoms with E-state index in [1.807, 2.05) is 25.1 Å². The smallest absolute Gasteiger partial charge is 0.119 e. The first kappa shape index (κ1) is 13.4. The molecule has 1 aromatic carbocycles. The third-order valence-corrected chi connectivity index (χ3v) is 3.42. The molecule has 0 aromatic heterocycles. The van der Waals surface area contributed by atoms with Crippen molar-refractivity contribution in [2.45, 2.75) is 32.3 Å². The minimum Gasteiger partial charge on any atom is -0.492 e. The molecule has 18 heavy (non-hydrogen) atoms. The van der Waals surface area contributed by atoms with Gasteiger partial charge in [-0.2, -0.15) is 0 Å². The van der Waals surface area contributed by atoms with E-state index in [2.05, 4.69) is 17.9 Å². The molecule has 0 aliphatic carbocycles. The van der Waals surface area contributed by atoms with Crippen LogP contribution in [0.5, 0.6) is 5.75 Å². The molecule has 1 aliphatic rings. The Labute approximate surface area is 109 Å². The van der Waals surface area contributed by atoms with Crippen LogP contribution in [0.2, 0.25) is 0 Å². The molecule has 0 radical (unpaired) electrons. The van der Waals surface area contributed by atoms with Crippen LogP contribution in [0.1, 0.15) is 25.3 Å². The van der Waals surface area contributed by atoms with Crippen molar-refractivity contribution in [3.05, 3.63) is 29.8 Å². The molecule has 1 aliphatic heterocycles. The van der Waals surface area contributed by atoms with Gasteiger partial charge in [-0.3, -0.25) is 4.90 Å². The zero-order valence-corrected chi connectivity index (χ0v) is 11.4. The topological polar surface area (TPSA) is 32.7 Å². The Balaban J connectivity index is 1.75. The fraction of sp³-hybridized carbons (Fsp3) is 0.600. The summed E-state index contributed by atoms with van der Waals surface area (Å²) in [4.78, 5) is 2.28. The number of hydrogen-bond acceptors (Lipinski definition) is 3. The molecule has 0 bridgehead atoms. The minimum absolute atomic E-state index is 0.526. The maximum atomic E-state index is 10.0. The van der Waals surface area contributed by atoms with Crippen molar-refractivity contribution in [1.29, 1.82) is 0 Å². The Morgan fingerprint density at radius 3 is 3.00 bits per heavy atom. The van der Waals surface area contributed by atoms with E-state index in [9.17, 15) is 5.11 Å². The molecule has 1 atom stereocenters. The number of benzene rings is 1. The van der Waals surface area contributed by atoms with Gasteiger partial charge in [-0.05, 0) is 50.9 Å². The quantitative estimate of drug-likeness (QED) is 0.888. The van der Waals surface area contributed by atoms with Crippen molar-refractivity contribution in [3.8, 4) is 5.75 Å². The third kappa shape index (κ3) is 4.00. The summed E-state index contributed by atoms with van der Waals surface area (Å²) in [5, 5.41) is 10.0. The van der Waals surface area contributed by atoms with Gasteiger partial charge in [0.1, 0.15) is 12.4 Å². The summed E-state index contributed by atoms with van der Waals surface area (Å²) < 4.78 is 5.73. The van der Waals surface area contributed by atoms with Gasteiger partial charge >= 0.3 is 0 Å². The average molecular weight is 249 g/mol. The number of β-amino-alcohol motifs (C(OH)–C–C–N with tert-alkyl or cyclic N) is 1. The highest BCUT2D eigenvalue weighted by atomic mass is 16.5. The van der Waals surface area contributed by atoms with Crippen molar-refractivity contribution in [3.63, 3.8) is 0 Å². The second kappa shape index (κ2) is 5.72. The van der Waals surface area contributed by atoms with Crippen LogP contribution in [0.3, 0.4) is 0 Å². The van der Waals surface area contributed by atoms with E-state index in [0.717, 1.165) is 38.2 Å². The van der Waals surface area contributed by atoms with E-state index in [1.165, 1.54) is 5.56 Å². The van der Waals surface area contributed by atoms with Gasteiger partial charge < -0.3 is 9.84 Å².